The predicted molar refractivity (Wildman–Crippen MR) is 81.3 cm³/mol. The molecular formula is C16H19N3O. The molecule has 104 valence electrons. The number of pyridine rings is 1. The fourth-order valence-electron chi connectivity index (χ4n) is 2.29. The minimum Gasteiger partial charge on any atom is -0.491 e. The summed E-state index contributed by atoms with van der Waals surface area (Å²) in [6.07, 6.45) is 0.115. The van der Waals surface area contributed by atoms with Crippen molar-refractivity contribution in [1.29, 1.82) is 5.26 Å². The van der Waals surface area contributed by atoms with Crippen LogP contribution in [0.2, 0.25) is 0 Å². The maximum atomic E-state index is 9.37. The van der Waals surface area contributed by atoms with Gasteiger partial charge in [0.15, 0.2) is 0 Å². The minimum atomic E-state index is 0.115. The van der Waals surface area contributed by atoms with Gasteiger partial charge in [0, 0.05) is 19.5 Å². The number of fused-ring (bicyclic) bond motifs is 1. The number of benzene rings is 1. The summed E-state index contributed by atoms with van der Waals surface area (Å²) in [4.78, 5) is 6.46. The Bertz CT molecular complexity index is 684. The summed E-state index contributed by atoms with van der Waals surface area (Å²) in [6, 6.07) is 8.06. The highest BCUT2D eigenvalue weighted by Crippen LogP contribution is 2.32. The van der Waals surface area contributed by atoms with Gasteiger partial charge in [-0.15, -0.1) is 0 Å². The lowest BCUT2D eigenvalue weighted by Gasteiger charge is -2.19. The van der Waals surface area contributed by atoms with Crippen LogP contribution in [0.25, 0.3) is 10.9 Å². The molecule has 2 aromatic rings. The standard InChI is InChI=1S/C16H19N3O/c1-10(2)20-12-6-7-15-13(8-12)16(19(4)5)14(9-17)11(3)18-15/h6-8,10H,1-5H3. The maximum absolute atomic E-state index is 9.37. The molecule has 0 saturated heterocycles. The summed E-state index contributed by atoms with van der Waals surface area (Å²) in [5.41, 5.74) is 3.14. The summed E-state index contributed by atoms with van der Waals surface area (Å²) in [6.45, 7) is 5.85. The molecule has 1 heterocycles. The molecule has 0 amide bonds. The molecule has 0 atom stereocenters. The summed E-state index contributed by atoms with van der Waals surface area (Å²) in [7, 11) is 3.87. The molecule has 0 aliphatic carbocycles. The van der Waals surface area contributed by atoms with Crippen molar-refractivity contribution in [1.82, 2.24) is 4.98 Å². The third kappa shape index (κ3) is 2.53. The second-order valence-electron chi connectivity index (χ2n) is 5.27. The van der Waals surface area contributed by atoms with Crippen LogP contribution in [-0.2, 0) is 0 Å². The van der Waals surface area contributed by atoms with Crippen LogP contribution in [0.4, 0.5) is 5.69 Å². The zero-order valence-electron chi connectivity index (χ0n) is 12.6. The summed E-state index contributed by atoms with van der Waals surface area (Å²) in [5.74, 6) is 0.796. The first-order chi connectivity index (χ1) is 9.43. The van der Waals surface area contributed by atoms with Crippen molar-refractivity contribution in [2.45, 2.75) is 26.9 Å². The van der Waals surface area contributed by atoms with Crippen LogP contribution >= 0.6 is 0 Å². The molecular weight excluding hydrogens is 250 g/mol. The third-order valence-corrected chi connectivity index (χ3v) is 3.04. The van der Waals surface area contributed by atoms with Gasteiger partial charge in [0.05, 0.1) is 28.6 Å². The molecule has 0 saturated carbocycles. The molecule has 0 fully saturated rings. The van der Waals surface area contributed by atoms with E-state index in [9.17, 15) is 5.26 Å². The van der Waals surface area contributed by atoms with E-state index in [1.807, 2.05) is 58.0 Å². The van der Waals surface area contributed by atoms with Crippen LogP contribution in [-0.4, -0.2) is 25.2 Å². The van der Waals surface area contributed by atoms with E-state index >= 15 is 0 Å². The van der Waals surface area contributed by atoms with Crippen molar-refractivity contribution in [2.24, 2.45) is 0 Å². The summed E-state index contributed by atoms with van der Waals surface area (Å²) >= 11 is 0. The van der Waals surface area contributed by atoms with Crippen molar-refractivity contribution < 1.29 is 4.74 Å². The molecule has 1 aromatic carbocycles. The molecule has 0 unspecified atom stereocenters. The van der Waals surface area contributed by atoms with E-state index in [1.54, 1.807) is 0 Å². The summed E-state index contributed by atoms with van der Waals surface area (Å²) < 4.78 is 5.73. The first-order valence-corrected chi connectivity index (χ1v) is 6.62. The molecule has 1 aromatic heterocycles. The minimum absolute atomic E-state index is 0.115. The van der Waals surface area contributed by atoms with E-state index in [0.717, 1.165) is 28.0 Å². The number of nitriles is 1. The normalized spacial score (nSPS) is 10.7. The first-order valence-electron chi connectivity index (χ1n) is 6.62. The quantitative estimate of drug-likeness (QED) is 0.858. The van der Waals surface area contributed by atoms with Crippen molar-refractivity contribution >= 4 is 16.6 Å². The zero-order chi connectivity index (χ0) is 14.9. The van der Waals surface area contributed by atoms with E-state index < -0.39 is 0 Å². The summed E-state index contributed by atoms with van der Waals surface area (Å²) in [5, 5.41) is 10.3. The number of hydrogen-bond acceptors (Lipinski definition) is 4. The molecule has 0 aliphatic rings. The fourth-order valence-corrected chi connectivity index (χ4v) is 2.29. The zero-order valence-corrected chi connectivity index (χ0v) is 12.6. The number of nitrogens with zero attached hydrogens (tertiary/aromatic N) is 3. The first kappa shape index (κ1) is 14.1. The molecule has 20 heavy (non-hydrogen) atoms. The topological polar surface area (TPSA) is 49.1 Å². The van der Waals surface area contributed by atoms with Gasteiger partial charge in [0.1, 0.15) is 11.8 Å². The monoisotopic (exact) mass is 269 g/mol. The largest absolute Gasteiger partial charge is 0.491 e. The van der Waals surface area contributed by atoms with Gasteiger partial charge in [-0.2, -0.15) is 5.26 Å². The fraction of sp³-hybridized carbons (Fsp3) is 0.375. The number of anilines is 1. The van der Waals surface area contributed by atoms with Crippen molar-refractivity contribution in [3.05, 3.63) is 29.5 Å². The van der Waals surface area contributed by atoms with Crippen LogP contribution in [0.1, 0.15) is 25.1 Å². The second kappa shape index (κ2) is 5.38. The van der Waals surface area contributed by atoms with Gasteiger partial charge in [-0.25, -0.2) is 0 Å². The van der Waals surface area contributed by atoms with Gasteiger partial charge in [-0.05, 0) is 39.0 Å². The Balaban J connectivity index is 2.75. The lowest BCUT2D eigenvalue weighted by Crippen LogP contribution is -2.13. The Morgan fingerprint density at radius 3 is 2.55 bits per heavy atom. The van der Waals surface area contributed by atoms with Crippen LogP contribution in [0.3, 0.4) is 0 Å². The van der Waals surface area contributed by atoms with Gasteiger partial charge < -0.3 is 9.64 Å². The van der Waals surface area contributed by atoms with Crippen molar-refractivity contribution in [3.8, 4) is 11.8 Å². The second-order valence-corrected chi connectivity index (χ2v) is 5.27. The lowest BCUT2D eigenvalue weighted by atomic mass is 10.1. The average Bonchev–Trinajstić information content (AvgIpc) is 2.36. The molecule has 0 bridgehead atoms. The highest BCUT2D eigenvalue weighted by atomic mass is 16.5. The lowest BCUT2D eigenvalue weighted by molar-refractivity contribution is 0.243. The average molecular weight is 269 g/mol. The number of aromatic nitrogens is 1. The number of aryl methyl sites for hydroxylation is 1. The van der Waals surface area contributed by atoms with Crippen molar-refractivity contribution in [3.63, 3.8) is 0 Å². The van der Waals surface area contributed by atoms with E-state index in [2.05, 4.69) is 11.1 Å². The van der Waals surface area contributed by atoms with E-state index in [0.29, 0.717) is 5.56 Å². The van der Waals surface area contributed by atoms with Gasteiger partial charge in [-0.1, -0.05) is 0 Å². The van der Waals surface area contributed by atoms with Gasteiger partial charge >= 0.3 is 0 Å². The SMILES string of the molecule is Cc1nc2ccc(OC(C)C)cc2c(N(C)C)c1C#N. The molecule has 4 heteroatoms. The Morgan fingerprint density at radius 1 is 1.30 bits per heavy atom. The Morgan fingerprint density at radius 2 is 2.00 bits per heavy atom. The molecule has 4 nitrogen and oxygen atoms in total. The van der Waals surface area contributed by atoms with Crippen LogP contribution in [0.15, 0.2) is 18.2 Å². The van der Waals surface area contributed by atoms with E-state index in [1.165, 1.54) is 0 Å². The Labute approximate surface area is 119 Å². The molecule has 2 rings (SSSR count). The van der Waals surface area contributed by atoms with Crippen LogP contribution < -0.4 is 9.64 Å². The number of ether oxygens (including phenoxy) is 1. The highest BCUT2D eigenvalue weighted by Gasteiger charge is 2.15. The number of rotatable bonds is 3. The molecule has 0 N–H and O–H groups in total. The van der Waals surface area contributed by atoms with Gasteiger partial charge in [0.2, 0.25) is 0 Å². The molecule has 0 aliphatic heterocycles. The molecule has 0 spiro atoms. The number of hydrogen-bond donors (Lipinski definition) is 0. The van der Waals surface area contributed by atoms with E-state index in [4.69, 9.17) is 4.74 Å². The maximum Gasteiger partial charge on any atom is 0.120 e. The highest BCUT2D eigenvalue weighted by molar-refractivity contribution is 5.95. The predicted octanol–water partition coefficient (Wildman–Crippen LogP) is 3.27. The van der Waals surface area contributed by atoms with Crippen LogP contribution in [0, 0.1) is 18.3 Å². The Kier molecular flexibility index (Phi) is 3.80. The van der Waals surface area contributed by atoms with E-state index in [-0.39, 0.29) is 6.10 Å². The van der Waals surface area contributed by atoms with Crippen molar-refractivity contribution in [2.75, 3.05) is 19.0 Å². The third-order valence-electron chi connectivity index (χ3n) is 3.04. The van der Waals surface area contributed by atoms with Gasteiger partial charge in [0.25, 0.3) is 0 Å². The van der Waals surface area contributed by atoms with Gasteiger partial charge in [-0.3, -0.25) is 4.98 Å². The molecule has 0 radical (unpaired) electrons. The Hall–Kier alpha value is -2.28. The smallest absolute Gasteiger partial charge is 0.120 e. The van der Waals surface area contributed by atoms with Crippen LogP contribution in [0.5, 0.6) is 5.75 Å².